The van der Waals surface area contributed by atoms with Crippen LogP contribution >= 0.6 is 12.4 Å². The van der Waals surface area contributed by atoms with Crippen LogP contribution in [0.4, 0.5) is 24.5 Å². The van der Waals surface area contributed by atoms with Crippen LogP contribution in [-0.4, -0.2) is 35.2 Å². The highest BCUT2D eigenvalue weighted by atomic mass is 35.5. The van der Waals surface area contributed by atoms with E-state index in [2.05, 4.69) is 15.2 Å². The average molecular weight is 504 g/mol. The molecule has 1 aromatic heterocycles. The van der Waals surface area contributed by atoms with Crippen molar-refractivity contribution in [3.05, 3.63) is 65.7 Å². The highest BCUT2D eigenvalue weighted by molar-refractivity contribution is 6.09. The number of anilines is 2. The van der Waals surface area contributed by atoms with Crippen LogP contribution in [0.2, 0.25) is 0 Å². The molecule has 4 aromatic rings. The fourth-order valence-corrected chi connectivity index (χ4v) is 4.48. The number of phenolic OH excluding ortho intramolecular Hbond substituents is 1. The van der Waals surface area contributed by atoms with Crippen molar-refractivity contribution < 1.29 is 23.0 Å². The Labute approximate surface area is 206 Å². The van der Waals surface area contributed by atoms with Crippen molar-refractivity contribution >= 4 is 45.6 Å². The van der Waals surface area contributed by atoms with Gasteiger partial charge >= 0.3 is 6.18 Å². The Morgan fingerprint density at radius 3 is 2.34 bits per heavy atom. The lowest BCUT2D eigenvalue weighted by Crippen LogP contribution is -2.18. The second-order valence-corrected chi connectivity index (χ2v) is 8.55. The molecule has 0 atom stereocenters. The van der Waals surface area contributed by atoms with E-state index in [1.165, 1.54) is 13.2 Å². The van der Waals surface area contributed by atoms with Crippen molar-refractivity contribution in [2.45, 2.75) is 25.6 Å². The summed E-state index contributed by atoms with van der Waals surface area (Å²) < 4.78 is 45.9. The molecule has 184 valence electrons. The van der Waals surface area contributed by atoms with Gasteiger partial charge in [-0.25, -0.2) is 4.98 Å². The minimum atomic E-state index is -4.48. The minimum Gasteiger partial charge on any atom is -0.508 e. The fraction of sp³-hybridized carbons (Fsp3) is 0.269. The molecule has 0 spiro atoms. The van der Waals surface area contributed by atoms with E-state index in [4.69, 9.17) is 4.74 Å². The van der Waals surface area contributed by atoms with Gasteiger partial charge in [0.1, 0.15) is 11.5 Å². The van der Waals surface area contributed by atoms with Crippen LogP contribution < -0.4 is 10.1 Å². The number of likely N-dealkylation sites (tertiary alicyclic amines) is 1. The first-order valence-electron chi connectivity index (χ1n) is 11.1. The smallest absolute Gasteiger partial charge is 0.416 e. The summed E-state index contributed by atoms with van der Waals surface area (Å²) in [7, 11) is 1.54. The van der Waals surface area contributed by atoms with Gasteiger partial charge in [0.15, 0.2) is 0 Å². The lowest BCUT2D eigenvalue weighted by atomic mass is 10.0. The van der Waals surface area contributed by atoms with Crippen LogP contribution in [0.3, 0.4) is 0 Å². The van der Waals surface area contributed by atoms with Crippen LogP contribution in [-0.2, 0) is 12.7 Å². The van der Waals surface area contributed by atoms with E-state index in [0.29, 0.717) is 45.5 Å². The molecule has 9 heteroatoms. The number of pyridine rings is 1. The second-order valence-electron chi connectivity index (χ2n) is 8.55. The van der Waals surface area contributed by atoms with Gasteiger partial charge < -0.3 is 15.2 Å². The molecule has 5 rings (SSSR count). The fourth-order valence-electron chi connectivity index (χ4n) is 4.48. The summed E-state index contributed by atoms with van der Waals surface area (Å²) in [5.41, 5.74) is 2.27. The number of fused-ring (bicyclic) bond motifs is 2. The molecule has 0 bridgehead atoms. The van der Waals surface area contributed by atoms with E-state index in [0.717, 1.165) is 43.6 Å². The van der Waals surface area contributed by atoms with Gasteiger partial charge in [0.2, 0.25) is 0 Å². The number of hydrogen-bond acceptors (Lipinski definition) is 5. The Kier molecular flexibility index (Phi) is 6.96. The normalized spacial score (nSPS) is 14.3. The lowest BCUT2D eigenvalue weighted by molar-refractivity contribution is -0.137. The quantitative estimate of drug-likeness (QED) is 0.229. The SMILES string of the molecule is COc1ccc2nc3ccc(C(F)(F)F)cc3c(Nc3ccc(O)c(CN4CCCC4)c3)c2c1.Cl. The molecule has 0 radical (unpaired) electrons. The van der Waals surface area contributed by atoms with Crippen LogP contribution in [0.15, 0.2) is 54.6 Å². The average Bonchev–Trinajstić information content (AvgIpc) is 3.33. The molecule has 2 N–H and O–H groups in total. The Bertz CT molecular complexity index is 1370. The molecule has 0 amide bonds. The van der Waals surface area contributed by atoms with Crippen molar-refractivity contribution in [3.63, 3.8) is 0 Å². The zero-order valence-electron chi connectivity index (χ0n) is 19.0. The Balaban J connectivity index is 0.00000289. The number of methoxy groups -OCH3 is 1. The summed E-state index contributed by atoms with van der Waals surface area (Å²) in [5.74, 6) is 0.770. The molecule has 1 saturated heterocycles. The van der Waals surface area contributed by atoms with Crippen molar-refractivity contribution in [3.8, 4) is 11.5 Å². The van der Waals surface area contributed by atoms with Crippen LogP contribution in [0.5, 0.6) is 11.5 Å². The maximum absolute atomic E-state index is 13.5. The molecule has 0 saturated carbocycles. The highest BCUT2D eigenvalue weighted by Gasteiger charge is 2.31. The molecular formula is C26H25ClF3N3O2. The highest BCUT2D eigenvalue weighted by Crippen LogP contribution is 2.39. The van der Waals surface area contributed by atoms with Gasteiger partial charge in [-0.15, -0.1) is 12.4 Å². The number of nitrogens with zero attached hydrogens (tertiary/aromatic N) is 2. The number of halogens is 4. The number of rotatable bonds is 5. The van der Waals surface area contributed by atoms with E-state index in [1.807, 2.05) is 6.07 Å². The summed E-state index contributed by atoms with van der Waals surface area (Å²) in [4.78, 5) is 6.84. The summed E-state index contributed by atoms with van der Waals surface area (Å²) >= 11 is 0. The summed E-state index contributed by atoms with van der Waals surface area (Å²) in [6.07, 6.45) is -2.20. The molecule has 2 heterocycles. The van der Waals surface area contributed by atoms with Crippen molar-refractivity contribution in [2.75, 3.05) is 25.5 Å². The standard InChI is InChI=1S/C26H24F3N3O2.ClH/c1-34-19-6-8-23-21(14-19)25(20-13-17(26(27,28)29)4-7-22(20)31-23)30-18-5-9-24(33)16(12-18)15-32-10-2-3-11-32;/h4-9,12-14,33H,2-3,10-11,15H2,1H3,(H,30,31);1H. The molecule has 1 aliphatic heterocycles. The van der Waals surface area contributed by atoms with Gasteiger partial charge in [0.05, 0.1) is 29.4 Å². The van der Waals surface area contributed by atoms with E-state index in [-0.39, 0.29) is 18.2 Å². The molecule has 35 heavy (non-hydrogen) atoms. The first-order valence-corrected chi connectivity index (χ1v) is 11.1. The van der Waals surface area contributed by atoms with Gasteiger partial charge in [0, 0.05) is 28.6 Å². The first kappa shape index (κ1) is 24.9. The Morgan fingerprint density at radius 2 is 1.66 bits per heavy atom. The van der Waals surface area contributed by atoms with Gasteiger partial charge in [-0.1, -0.05) is 0 Å². The Morgan fingerprint density at radius 1 is 0.971 bits per heavy atom. The third kappa shape index (κ3) is 5.09. The number of aromatic nitrogens is 1. The zero-order chi connectivity index (χ0) is 23.9. The molecule has 1 aliphatic rings. The van der Waals surface area contributed by atoms with Crippen molar-refractivity contribution in [2.24, 2.45) is 0 Å². The number of aromatic hydroxyl groups is 1. The molecule has 1 fully saturated rings. The van der Waals surface area contributed by atoms with Gasteiger partial charge in [-0.2, -0.15) is 13.2 Å². The van der Waals surface area contributed by atoms with Crippen LogP contribution in [0.25, 0.3) is 21.8 Å². The van der Waals surface area contributed by atoms with Crippen LogP contribution in [0, 0.1) is 0 Å². The predicted octanol–water partition coefficient (Wildman–Crippen LogP) is 6.88. The first-order chi connectivity index (χ1) is 16.3. The summed E-state index contributed by atoms with van der Waals surface area (Å²) in [6.45, 7) is 2.58. The lowest BCUT2D eigenvalue weighted by Gasteiger charge is -2.18. The van der Waals surface area contributed by atoms with Crippen molar-refractivity contribution in [1.82, 2.24) is 9.88 Å². The van der Waals surface area contributed by atoms with E-state index < -0.39 is 11.7 Å². The van der Waals surface area contributed by atoms with E-state index >= 15 is 0 Å². The zero-order valence-corrected chi connectivity index (χ0v) is 19.8. The maximum atomic E-state index is 13.5. The number of nitrogens with one attached hydrogen (secondary N) is 1. The van der Waals surface area contributed by atoms with Gasteiger partial charge in [-0.05, 0) is 80.5 Å². The predicted molar refractivity (Wildman–Crippen MR) is 134 cm³/mol. The van der Waals surface area contributed by atoms with E-state index in [9.17, 15) is 18.3 Å². The number of hydrogen-bond donors (Lipinski definition) is 2. The minimum absolute atomic E-state index is 0. The molecule has 0 unspecified atom stereocenters. The summed E-state index contributed by atoms with van der Waals surface area (Å²) in [5, 5.41) is 14.7. The third-order valence-electron chi connectivity index (χ3n) is 6.25. The monoisotopic (exact) mass is 503 g/mol. The largest absolute Gasteiger partial charge is 0.508 e. The molecule has 3 aromatic carbocycles. The maximum Gasteiger partial charge on any atom is 0.416 e. The van der Waals surface area contributed by atoms with Gasteiger partial charge in [0.25, 0.3) is 0 Å². The topological polar surface area (TPSA) is 57.6 Å². The molecule has 0 aliphatic carbocycles. The van der Waals surface area contributed by atoms with E-state index in [1.54, 1.807) is 30.3 Å². The number of benzene rings is 3. The molecular weight excluding hydrogens is 479 g/mol. The number of phenols is 1. The van der Waals surface area contributed by atoms with Crippen molar-refractivity contribution in [1.29, 1.82) is 0 Å². The summed E-state index contributed by atoms with van der Waals surface area (Å²) in [6, 6.07) is 14.0. The molecule has 5 nitrogen and oxygen atoms in total. The Hall–Kier alpha value is -3.23. The van der Waals surface area contributed by atoms with Crippen LogP contribution in [0.1, 0.15) is 24.0 Å². The second kappa shape index (κ2) is 9.79. The number of alkyl halides is 3. The third-order valence-corrected chi connectivity index (χ3v) is 6.25. The number of ether oxygens (including phenoxy) is 1. The van der Waals surface area contributed by atoms with Gasteiger partial charge in [-0.3, -0.25) is 4.90 Å².